The predicted molar refractivity (Wildman–Crippen MR) is 106 cm³/mol. The Labute approximate surface area is 161 Å². The van der Waals surface area contributed by atoms with Gasteiger partial charge in [-0.2, -0.15) is 4.31 Å². The molecule has 2 aromatic carbocycles. The molecule has 144 valence electrons. The Balaban J connectivity index is 1.69. The van der Waals surface area contributed by atoms with Gasteiger partial charge in [-0.05, 0) is 49.9 Å². The molecule has 1 aliphatic rings. The van der Waals surface area contributed by atoms with Crippen LogP contribution < -0.4 is 5.32 Å². The molecule has 27 heavy (non-hydrogen) atoms. The molecule has 1 heterocycles. The van der Waals surface area contributed by atoms with Crippen LogP contribution in [0.2, 0.25) is 0 Å². The van der Waals surface area contributed by atoms with Crippen LogP contribution in [-0.2, 0) is 14.8 Å². The number of hydrogen-bond acceptors (Lipinski definition) is 3. The van der Waals surface area contributed by atoms with Crippen molar-refractivity contribution in [1.29, 1.82) is 0 Å². The van der Waals surface area contributed by atoms with Gasteiger partial charge < -0.3 is 5.32 Å². The van der Waals surface area contributed by atoms with Crippen molar-refractivity contribution in [2.24, 2.45) is 5.92 Å². The van der Waals surface area contributed by atoms with Crippen molar-refractivity contribution in [1.82, 2.24) is 9.62 Å². The number of aryl methyl sites for hydroxylation is 1. The van der Waals surface area contributed by atoms with Crippen molar-refractivity contribution in [2.75, 3.05) is 13.1 Å². The van der Waals surface area contributed by atoms with Gasteiger partial charge >= 0.3 is 0 Å². The van der Waals surface area contributed by atoms with Gasteiger partial charge in [0.1, 0.15) is 0 Å². The summed E-state index contributed by atoms with van der Waals surface area (Å²) in [6.45, 7) is 4.66. The van der Waals surface area contributed by atoms with Crippen LogP contribution in [0.25, 0.3) is 0 Å². The molecule has 0 saturated carbocycles. The Kier molecular flexibility index (Phi) is 5.97. The molecule has 2 aromatic rings. The fourth-order valence-corrected chi connectivity index (χ4v) is 5.14. The summed E-state index contributed by atoms with van der Waals surface area (Å²) in [7, 11) is -3.56. The molecular formula is C21H26N2O3S. The Morgan fingerprint density at radius 2 is 1.78 bits per heavy atom. The molecule has 3 rings (SSSR count). The van der Waals surface area contributed by atoms with Crippen molar-refractivity contribution in [3.05, 3.63) is 65.7 Å². The van der Waals surface area contributed by atoms with E-state index in [-0.39, 0.29) is 29.3 Å². The molecule has 0 aromatic heterocycles. The van der Waals surface area contributed by atoms with Gasteiger partial charge in [-0.3, -0.25) is 4.79 Å². The third kappa shape index (κ3) is 4.39. The summed E-state index contributed by atoms with van der Waals surface area (Å²) in [6.07, 6.45) is 1.38. The topological polar surface area (TPSA) is 66.5 Å². The number of nitrogens with one attached hydrogen (secondary N) is 1. The second-order valence-corrected chi connectivity index (χ2v) is 9.04. The Bertz CT molecular complexity index is 897. The summed E-state index contributed by atoms with van der Waals surface area (Å²) in [5.41, 5.74) is 2.21. The van der Waals surface area contributed by atoms with Crippen molar-refractivity contribution in [3.8, 4) is 0 Å². The summed E-state index contributed by atoms with van der Waals surface area (Å²) in [4.78, 5) is 13.0. The first-order valence-electron chi connectivity index (χ1n) is 9.30. The number of hydrogen-bond donors (Lipinski definition) is 1. The summed E-state index contributed by atoms with van der Waals surface area (Å²) in [5, 5.41) is 3.06. The fraction of sp³-hybridized carbons (Fsp3) is 0.381. The zero-order valence-corrected chi connectivity index (χ0v) is 16.6. The van der Waals surface area contributed by atoms with Gasteiger partial charge in [0.15, 0.2) is 0 Å². The maximum Gasteiger partial charge on any atom is 0.243 e. The minimum atomic E-state index is -3.56. The zero-order valence-electron chi connectivity index (χ0n) is 15.8. The van der Waals surface area contributed by atoms with E-state index in [2.05, 4.69) is 5.32 Å². The fourth-order valence-electron chi connectivity index (χ4n) is 3.60. The van der Waals surface area contributed by atoms with Crippen LogP contribution in [0, 0.1) is 12.8 Å². The number of piperidine rings is 1. The lowest BCUT2D eigenvalue weighted by Gasteiger charge is -2.32. The summed E-state index contributed by atoms with van der Waals surface area (Å²) in [5.74, 6) is -0.414. The number of carbonyl (C=O) groups excluding carboxylic acids is 1. The van der Waals surface area contributed by atoms with E-state index in [0.717, 1.165) is 11.1 Å². The van der Waals surface area contributed by atoms with E-state index in [1.807, 2.05) is 38.1 Å². The van der Waals surface area contributed by atoms with E-state index in [0.29, 0.717) is 19.4 Å². The molecule has 6 heteroatoms. The molecule has 1 fully saturated rings. The smallest absolute Gasteiger partial charge is 0.243 e. The molecule has 0 aliphatic carbocycles. The normalized spacial score (nSPS) is 19.4. The molecule has 1 aliphatic heterocycles. The number of benzene rings is 2. The first kappa shape index (κ1) is 19.6. The van der Waals surface area contributed by atoms with Gasteiger partial charge in [0.2, 0.25) is 15.9 Å². The van der Waals surface area contributed by atoms with E-state index in [4.69, 9.17) is 0 Å². The molecule has 5 nitrogen and oxygen atoms in total. The van der Waals surface area contributed by atoms with E-state index < -0.39 is 10.0 Å². The molecular weight excluding hydrogens is 360 g/mol. The van der Waals surface area contributed by atoms with Crippen LogP contribution >= 0.6 is 0 Å². The third-order valence-corrected chi connectivity index (χ3v) is 7.03. The molecule has 1 N–H and O–H groups in total. The predicted octanol–water partition coefficient (Wildman–Crippen LogP) is 3.27. The minimum absolute atomic E-state index is 0.0845. The quantitative estimate of drug-likeness (QED) is 0.858. The second kappa shape index (κ2) is 8.23. The molecule has 0 bridgehead atoms. The number of carbonyl (C=O) groups is 1. The van der Waals surface area contributed by atoms with Crippen LogP contribution in [0.1, 0.15) is 36.9 Å². The highest BCUT2D eigenvalue weighted by molar-refractivity contribution is 7.89. The first-order valence-corrected chi connectivity index (χ1v) is 10.7. The monoisotopic (exact) mass is 386 g/mol. The number of amides is 1. The van der Waals surface area contributed by atoms with Crippen LogP contribution in [0.4, 0.5) is 0 Å². The Morgan fingerprint density at radius 3 is 2.48 bits per heavy atom. The van der Waals surface area contributed by atoms with Crippen molar-refractivity contribution in [2.45, 2.75) is 37.6 Å². The Hall–Kier alpha value is -2.18. The van der Waals surface area contributed by atoms with Crippen molar-refractivity contribution >= 4 is 15.9 Å². The van der Waals surface area contributed by atoms with Crippen LogP contribution in [0.15, 0.2) is 59.5 Å². The van der Waals surface area contributed by atoms with E-state index in [9.17, 15) is 13.2 Å². The summed E-state index contributed by atoms with van der Waals surface area (Å²) >= 11 is 0. The highest BCUT2D eigenvalue weighted by Crippen LogP contribution is 2.25. The van der Waals surface area contributed by atoms with Gasteiger partial charge in [-0.25, -0.2) is 8.42 Å². The zero-order chi connectivity index (χ0) is 19.4. The maximum atomic E-state index is 12.8. The highest BCUT2D eigenvalue weighted by Gasteiger charge is 2.33. The average molecular weight is 387 g/mol. The molecule has 1 saturated heterocycles. The molecule has 0 unspecified atom stereocenters. The van der Waals surface area contributed by atoms with Gasteiger partial charge in [0.25, 0.3) is 0 Å². The minimum Gasteiger partial charge on any atom is -0.349 e. The van der Waals surface area contributed by atoms with E-state index in [1.54, 1.807) is 30.3 Å². The number of sulfonamides is 1. The van der Waals surface area contributed by atoms with Crippen molar-refractivity contribution < 1.29 is 13.2 Å². The van der Waals surface area contributed by atoms with E-state index in [1.165, 1.54) is 4.31 Å². The lowest BCUT2D eigenvalue weighted by Crippen LogP contribution is -2.45. The molecule has 2 atom stereocenters. The van der Waals surface area contributed by atoms with Crippen LogP contribution in [0.3, 0.4) is 0 Å². The van der Waals surface area contributed by atoms with Crippen molar-refractivity contribution in [3.63, 3.8) is 0 Å². The lowest BCUT2D eigenvalue weighted by atomic mass is 9.97. The van der Waals surface area contributed by atoms with Crippen LogP contribution in [0.5, 0.6) is 0 Å². The summed E-state index contributed by atoms with van der Waals surface area (Å²) < 4.78 is 27.1. The molecule has 1 amide bonds. The highest BCUT2D eigenvalue weighted by atomic mass is 32.2. The average Bonchev–Trinajstić information content (AvgIpc) is 2.69. The molecule has 0 radical (unpaired) electrons. The number of rotatable bonds is 5. The molecule has 0 spiro atoms. The Morgan fingerprint density at radius 1 is 1.11 bits per heavy atom. The second-order valence-electron chi connectivity index (χ2n) is 7.10. The summed E-state index contributed by atoms with van der Waals surface area (Å²) in [6, 6.07) is 16.3. The van der Waals surface area contributed by atoms with Gasteiger partial charge in [-0.1, -0.05) is 42.5 Å². The van der Waals surface area contributed by atoms with Gasteiger partial charge in [-0.15, -0.1) is 0 Å². The van der Waals surface area contributed by atoms with Gasteiger partial charge in [0, 0.05) is 13.1 Å². The van der Waals surface area contributed by atoms with Crippen LogP contribution in [-0.4, -0.2) is 31.7 Å². The maximum absolute atomic E-state index is 12.8. The first-order chi connectivity index (χ1) is 12.9. The van der Waals surface area contributed by atoms with Gasteiger partial charge in [0.05, 0.1) is 16.9 Å². The number of nitrogens with zero attached hydrogens (tertiary/aromatic N) is 1. The van der Waals surface area contributed by atoms with E-state index >= 15 is 0 Å². The lowest BCUT2D eigenvalue weighted by molar-refractivity contribution is -0.126. The largest absolute Gasteiger partial charge is 0.349 e. The third-order valence-electron chi connectivity index (χ3n) is 5.15. The standard InChI is InChI=1S/C21H26N2O3S/c1-16-9-6-7-13-20(16)17(2)22-21(24)18-10-8-14-23(15-18)27(25,26)19-11-4-3-5-12-19/h3-7,9,11-13,17-18H,8,10,14-15H2,1-2H3,(H,22,24)/t17-,18+/m0/s1. The SMILES string of the molecule is Cc1ccccc1[C@H](C)NC(=O)[C@@H]1CCCN(S(=O)(=O)c2ccccc2)C1.